The number of hydrogen-bond donors (Lipinski definition) is 1. The Bertz CT molecular complexity index is 249. The molecule has 2 aliphatic rings. The van der Waals surface area contributed by atoms with Crippen LogP contribution in [-0.4, -0.2) is 35.6 Å². The summed E-state index contributed by atoms with van der Waals surface area (Å²) in [7, 11) is 0. The van der Waals surface area contributed by atoms with Gasteiger partial charge in [0.15, 0.2) is 0 Å². The van der Waals surface area contributed by atoms with Gasteiger partial charge in [-0.15, -0.1) is 0 Å². The maximum atomic E-state index is 3.76. The van der Waals surface area contributed by atoms with E-state index in [1.54, 1.807) is 0 Å². The first-order valence-corrected chi connectivity index (χ1v) is 7.60. The summed E-state index contributed by atoms with van der Waals surface area (Å²) in [6, 6.07) is 1.55. The van der Waals surface area contributed by atoms with Gasteiger partial charge in [-0.25, -0.2) is 0 Å². The Morgan fingerprint density at radius 3 is 2.53 bits per heavy atom. The van der Waals surface area contributed by atoms with E-state index in [4.69, 9.17) is 0 Å². The lowest BCUT2D eigenvalue weighted by Gasteiger charge is -2.51. The zero-order valence-electron chi connectivity index (χ0n) is 12.1. The molecule has 0 aromatic carbocycles. The summed E-state index contributed by atoms with van der Waals surface area (Å²) in [5.41, 5.74) is 0.337. The molecule has 3 unspecified atom stereocenters. The van der Waals surface area contributed by atoms with Crippen molar-refractivity contribution in [2.45, 2.75) is 77.4 Å². The van der Waals surface area contributed by atoms with Crippen LogP contribution in [0.2, 0.25) is 0 Å². The summed E-state index contributed by atoms with van der Waals surface area (Å²) in [4.78, 5) is 2.81. The van der Waals surface area contributed by atoms with Gasteiger partial charge in [0, 0.05) is 30.7 Å². The minimum atomic E-state index is 0.337. The predicted molar refractivity (Wildman–Crippen MR) is 74.3 cm³/mol. The van der Waals surface area contributed by atoms with E-state index >= 15 is 0 Å². The lowest BCUT2D eigenvalue weighted by Crippen LogP contribution is -2.65. The van der Waals surface area contributed by atoms with Crippen LogP contribution in [-0.2, 0) is 0 Å². The second kappa shape index (κ2) is 5.27. The molecule has 0 radical (unpaired) electrons. The van der Waals surface area contributed by atoms with Gasteiger partial charge in [-0.2, -0.15) is 0 Å². The van der Waals surface area contributed by atoms with Crippen molar-refractivity contribution in [3.63, 3.8) is 0 Å². The summed E-state index contributed by atoms with van der Waals surface area (Å²) in [6.07, 6.45) is 6.90. The molecule has 1 aliphatic carbocycles. The Kier molecular flexibility index (Phi) is 4.14. The topological polar surface area (TPSA) is 15.3 Å². The van der Waals surface area contributed by atoms with Crippen LogP contribution in [0.1, 0.15) is 59.8 Å². The highest BCUT2D eigenvalue weighted by atomic mass is 15.3. The Balaban J connectivity index is 2.03. The average Bonchev–Trinajstić information content (AvgIpc) is 2.27. The van der Waals surface area contributed by atoms with Crippen LogP contribution in [0, 0.1) is 5.92 Å². The summed E-state index contributed by atoms with van der Waals surface area (Å²) < 4.78 is 0. The fraction of sp³-hybridized carbons (Fsp3) is 1.00. The molecule has 100 valence electrons. The fourth-order valence-corrected chi connectivity index (χ4v) is 3.35. The highest BCUT2D eigenvalue weighted by Gasteiger charge is 2.39. The van der Waals surface area contributed by atoms with E-state index in [9.17, 15) is 0 Å². The number of nitrogens with zero attached hydrogens (tertiary/aromatic N) is 1. The largest absolute Gasteiger partial charge is 0.309 e. The van der Waals surface area contributed by atoms with E-state index in [1.807, 2.05) is 0 Å². The second-order valence-electron chi connectivity index (χ2n) is 6.46. The SMILES string of the molecule is CCC1CNC(C)(CC)CN1C(C)C1CCC1. The molecular weight excluding hydrogens is 208 g/mol. The third-order valence-electron chi connectivity index (χ3n) is 5.37. The van der Waals surface area contributed by atoms with Crippen molar-refractivity contribution in [2.24, 2.45) is 5.92 Å². The van der Waals surface area contributed by atoms with Crippen LogP contribution >= 0.6 is 0 Å². The molecule has 0 spiro atoms. The van der Waals surface area contributed by atoms with Crippen LogP contribution in [0.15, 0.2) is 0 Å². The average molecular weight is 238 g/mol. The molecule has 1 heterocycles. The standard InChI is InChI=1S/C15H30N2/c1-5-14-10-16-15(4,6-2)11-17(14)12(3)13-8-7-9-13/h12-14,16H,5-11H2,1-4H3. The first-order chi connectivity index (χ1) is 8.09. The third kappa shape index (κ3) is 2.68. The maximum absolute atomic E-state index is 3.76. The highest BCUT2D eigenvalue weighted by Crippen LogP contribution is 2.35. The highest BCUT2D eigenvalue weighted by molar-refractivity contribution is 4.97. The van der Waals surface area contributed by atoms with Crippen molar-refractivity contribution in [3.8, 4) is 0 Å². The van der Waals surface area contributed by atoms with Crippen molar-refractivity contribution in [1.82, 2.24) is 10.2 Å². The first-order valence-electron chi connectivity index (χ1n) is 7.60. The summed E-state index contributed by atoms with van der Waals surface area (Å²) in [5, 5.41) is 3.76. The number of piperazine rings is 1. The Labute approximate surface area is 107 Å². The van der Waals surface area contributed by atoms with Crippen LogP contribution in [0.4, 0.5) is 0 Å². The van der Waals surface area contributed by atoms with Crippen LogP contribution in [0.5, 0.6) is 0 Å². The molecule has 1 saturated carbocycles. The molecule has 1 aliphatic heterocycles. The van der Waals surface area contributed by atoms with Gasteiger partial charge in [0.05, 0.1) is 0 Å². The van der Waals surface area contributed by atoms with Gasteiger partial charge in [-0.1, -0.05) is 20.3 Å². The van der Waals surface area contributed by atoms with E-state index in [2.05, 4.69) is 37.9 Å². The Morgan fingerprint density at radius 1 is 1.35 bits per heavy atom. The lowest BCUT2D eigenvalue weighted by atomic mass is 9.78. The predicted octanol–water partition coefficient (Wildman–Crippen LogP) is 3.03. The van der Waals surface area contributed by atoms with Gasteiger partial charge in [0.25, 0.3) is 0 Å². The van der Waals surface area contributed by atoms with E-state index in [-0.39, 0.29) is 0 Å². The van der Waals surface area contributed by atoms with Gasteiger partial charge >= 0.3 is 0 Å². The molecule has 2 nitrogen and oxygen atoms in total. The van der Waals surface area contributed by atoms with Crippen LogP contribution < -0.4 is 5.32 Å². The molecule has 0 aromatic heterocycles. The van der Waals surface area contributed by atoms with Gasteiger partial charge in [0.1, 0.15) is 0 Å². The van der Waals surface area contributed by atoms with Gasteiger partial charge < -0.3 is 5.32 Å². The maximum Gasteiger partial charge on any atom is 0.0278 e. The Morgan fingerprint density at radius 2 is 2.06 bits per heavy atom. The molecule has 17 heavy (non-hydrogen) atoms. The third-order valence-corrected chi connectivity index (χ3v) is 5.37. The van der Waals surface area contributed by atoms with Gasteiger partial charge in [0.2, 0.25) is 0 Å². The molecule has 2 heteroatoms. The van der Waals surface area contributed by atoms with E-state index in [1.165, 1.54) is 45.2 Å². The number of nitrogens with one attached hydrogen (secondary N) is 1. The molecule has 1 N–H and O–H groups in total. The van der Waals surface area contributed by atoms with Crippen LogP contribution in [0.3, 0.4) is 0 Å². The normalized spacial score (nSPS) is 37.8. The molecule has 3 atom stereocenters. The fourth-order valence-electron chi connectivity index (χ4n) is 3.35. The molecule has 0 amide bonds. The molecule has 1 saturated heterocycles. The van der Waals surface area contributed by atoms with Gasteiger partial charge in [-0.05, 0) is 45.4 Å². The quantitative estimate of drug-likeness (QED) is 0.810. The summed E-state index contributed by atoms with van der Waals surface area (Å²) in [6.45, 7) is 11.9. The van der Waals surface area contributed by atoms with E-state index in [0.717, 1.165) is 18.0 Å². The van der Waals surface area contributed by atoms with Crippen molar-refractivity contribution in [3.05, 3.63) is 0 Å². The van der Waals surface area contributed by atoms with Crippen molar-refractivity contribution >= 4 is 0 Å². The second-order valence-corrected chi connectivity index (χ2v) is 6.46. The molecule has 2 fully saturated rings. The van der Waals surface area contributed by atoms with Gasteiger partial charge in [-0.3, -0.25) is 4.90 Å². The first kappa shape index (κ1) is 13.4. The minimum absolute atomic E-state index is 0.337. The minimum Gasteiger partial charge on any atom is -0.309 e. The molecule has 2 rings (SSSR count). The molecule has 0 bridgehead atoms. The van der Waals surface area contributed by atoms with E-state index in [0.29, 0.717) is 5.54 Å². The van der Waals surface area contributed by atoms with Crippen LogP contribution in [0.25, 0.3) is 0 Å². The lowest BCUT2D eigenvalue weighted by molar-refractivity contribution is 0.0104. The smallest absolute Gasteiger partial charge is 0.0278 e. The monoisotopic (exact) mass is 238 g/mol. The summed E-state index contributed by atoms with van der Waals surface area (Å²) >= 11 is 0. The van der Waals surface area contributed by atoms with Crippen molar-refractivity contribution in [1.29, 1.82) is 0 Å². The van der Waals surface area contributed by atoms with E-state index < -0.39 is 0 Å². The van der Waals surface area contributed by atoms with Crippen molar-refractivity contribution in [2.75, 3.05) is 13.1 Å². The zero-order chi connectivity index (χ0) is 12.5. The Hall–Kier alpha value is -0.0800. The number of rotatable bonds is 4. The molecule has 0 aromatic rings. The van der Waals surface area contributed by atoms with Crippen molar-refractivity contribution < 1.29 is 0 Å². The number of hydrogen-bond acceptors (Lipinski definition) is 2. The molecular formula is C15H30N2. The zero-order valence-corrected chi connectivity index (χ0v) is 12.1. The summed E-state index contributed by atoms with van der Waals surface area (Å²) in [5.74, 6) is 0.975.